The summed E-state index contributed by atoms with van der Waals surface area (Å²) in [5.41, 5.74) is 1.03. The number of rotatable bonds is 10. The van der Waals surface area contributed by atoms with Crippen LogP contribution < -0.4 is 9.47 Å². The van der Waals surface area contributed by atoms with Crippen LogP contribution in [0, 0.1) is 0 Å². The van der Waals surface area contributed by atoms with Crippen molar-refractivity contribution in [2.75, 3.05) is 20.3 Å². The number of carbonyl (C=O) groups excluding carboxylic acids is 1. The van der Waals surface area contributed by atoms with Crippen LogP contribution in [0.4, 0.5) is 0 Å². The van der Waals surface area contributed by atoms with E-state index >= 15 is 0 Å². The highest BCUT2D eigenvalue weighted by molar-refractivity contribution is 5.79. The molecule has 1 aromatic rings. The second-order valence-corrected chi connectivity index (χ2v) is 5.59. The highest BCUT2D eigenvalue weighted by Gasteiger charge is 2.19. The summed E-state index contributed by atoms with van der Waals surface area (Å²) in [4.78, 5) is 24.5. The number of amides is 1. The molecule has 1 rings (SSSR count). The second kappa shape index (κ2) is 9.60. The molecule has 0 saturated heterocycles. The molecule has 0 fully saturated rings. The van der Waals surface area contributed by atoms with Crippen molar-refractivity contribution in [3.05, 3.63) is 36.4 Å². The lowest BCUT2D eigenvalue weighted by atomic mass is 10.1. The average molecular weight is 335 g/mol. The van der Waals surface area contributed by atoms with E-state index in [4.69, 9.17) is 14.6 Å². The number of aliphatic carboxylic acids is 1. The fourth-order valence-corrected chi connectivity index (χ4v) is 2.23. The number of carbonyl (C=O) groups is 2. The van der Waals surface area contributed by atoms with E-state index < -0.39 is 5.97 Å². The summed E-state index contributed by atoms with van der Waals surface area (Å²) >= 11 is 0. The number of nitrogens with zero attached hydrogens (tertiary/aromatic N) is 1. The van der Waals surface area contributed by atoms with E-state index in [0.29, 0.717) is 17.9 Å². The molecule has 0 unspecified atom stereocenters. The van der Waals surface area contributed by atoms with Gasteiger partial charge in [0.25, 0.3) is 5.91 Å². The summed E-state index contributed by atoms with van der Waals surface area (Å²) in [5.74, 6) is -0.179. The zero-order valence-corrected chi connectivity index (χ0v) is 14.4. The first-order chi connectivity index (χ1) is 11.4. The summed E-state index contributed by atoms with van der Waals surface area (Å²) in [5, 5.41) is 8.78. The lowest BCUT2D eigenvalue weighted by molar-refractivity contribution is -0.139. The van der Waals surface area contributed by atoms with Crippen molar-refractivity contribution in [2.24, 2.45) is 0 Å². The highest BCUT2D eigenvalue weighted by Crippen LogP contribution is 2.28. The van der Waals surface area contributed by atoms with Crippen molar-refractivity contribution in [3.8, 4) is 11.5 Å². The lowest BCUT2D eigenvalue weighted by Gasteiger charge is -2.26. The molecule has 6 nitrogen and oxygen atoms in total. The molecule has 1 amide bonds. The van der Waals surface area contributed by atoms with E-state index in [-0.39, 0.29) is 31.5 Å². The fourth-order valence-electron chi connectivity index (χ4n) is 2.23. The third-order valence-corrected chi connectivity index (χ3v) is 3.47. The number of carboxylic acid groups (broad SMARTS) is 1. The Morgan fingerprint density at radius 1 is 1.33 bits per heavy atom. The van der Waals surface area contributed by atoms with Crippen LogP contribution in [-0.4, -0.2) is 48.2 Å². The van der Waals surface area contributed by atoms with Gasteiger partial charge < -0.3 is 19.5 Å². The summed E-state index contributed by atoms with van der Waals surface area (Å²) in [6.45, 7) is 7.36. The van der Waals surface area contributed by atoms with Crippen molar-refractivity contribution in [1.29, 1.82) is 0 Å². The second-order valence-electron chi connectivity index (χ2n) is 5.59. The number of allylic oxidation sites excluding steroid dienone is 1. The first-order valence-electron chi connectivity index (χ1n) is 7.80. The maximum absolute atomic E-state index is 12.3. The van der Waals surface area contributed by atoms with Gasteiger partial charge in [-0.05, 0) is 38.0 Å². The van der Waals surface area contributed by atoms with Crippen LogP contribution in [0.1, 0.15) is 25.8 Å². The van der Waals surface area contributed by atoms with E-state index in [2.05, 4.69) is 6.58 Å². The van der Waals surface area contributed by atoms with Gasteiger partial charge in [0.1, 0.15) is 0 Å². The molecule has 0 saturated carbocycles. The molecule has 132 valence electrons. The standard InChI is InChI=1S/C18H25NO5/c1-5-6-14-7-8-15(16(11-14)23-4)24-12-17(20)19(13(2)3)10-9-18(21)22/h5,7-8,11,13H,1,6,9-10,12H2,2-4H3,(H,21,22). The van der Waals surface area contributed by atoms with E-state index in [0.717, 1.165) is 5.56 Å². The predicted octanol–water partition coefficient (Wildman–Crippen LogP) is 2.51. The largest absolute Gasteiger partial charge is 0.493 e. The Labute approximate surface area is 142 Å². The van der Waals surface area contributed by atoms with Crippen LogP contribution in [0.25, 0.3) is 0 Å². The molecule has 6 heteroatoms. The zero-order chi connectivity index (χ0) is 18.1. The minimum Gasteiger partial charge on any atom is -0.493 e. The van der Waals surface area contributed by atoms with E-state index in [9.17, 15) is 9.59 Å². The third kappa shape index (κ3) is 5.95. The summed E-state index contributed by atoms with van der Waals surface area (Å²) in [6, 6.07) is 5.38. The van der Waals surface area contributed by atoms with E-state index in [1.807, 2.05) is 26.0 Å². The third-order valence-electron chi connectivity index (χ3n) is 3.47. The number of benzene rings is 1. The maximum Gasteiger partial charge on any atom is 0.305 e. The Hall–Kier alpha value is -2.50. The van der Waals surface area contributed by atoms with Gasteiger partial charge in [0, 0.05) is 12.6 Å². The molecule has 0 atom stereocenters. The number of carboxylic acids is 1. The van der Waals surface area contributed by atoms with Crippen molar-refractivity contribution in [3.63, 3.8) is 0 Å². The first kappa shape index (κ1) is 19.5. The Morgan fingerprint density at radius 3 is 2.58 bits per heavy atom. The van der Waals surface area contributed by atoms with Gasteiger partial charge >= 0.3 is 5.97 Å². The van der Waals surface area contributed by atoms with E-state index in [1.165, 1.54) is 12.0 Å². The SMILES string of the molecule is C=CCc1ccc(OCC(=O)N(CCC(=O)O)C(C)C)c(OC)c1. The van der Waals surface area contributed by atoms with Crippen LogP contribution >= 0.6 is 0 Å². The number of hydrogen-bond acceptors (Lipinski definition) is 4. The predicted molar refractivity (Wildman–Crippen MR) is 91.5 cm³/mol. The molecule has 0 aromatic heterocycles. The van der Waals surface area contributed by atoms with Gasteiger partial charge in [0.2, 0.25) is 0 Å². The highest BCUT2D eigenvalue weighted by atomic mass is 16.5. The Balaban J connectivity index is 2.73. The Kier molecular flexibility index (Phi) is 7.82. The lowest BCUT2D eigenvalue weighted by Crippen LogP contribution is -2.41. The Morgan fingerprint density at radius 2 is 2.04 bits per heavy atom. The van der Waals surface area contributed by atoms with Crippen molar-refractivity contribution < 1.29 is 24.2 Å². The van der Waals surface area contributed by atoms with Crippen LogP contribution in [0.3, 0.4) is 0 Å². The number of ether oxygens (including phenoxy) is 2. The molecule has 1 aromatic carbocycles. The van der Waals surface area contributed by atoms with Gasteiger partial charge in [-0.2, -0.15) is 0 Å². The smallest absolute Gasteiger partial charge is 0.305 e. The number of methoxy groups -OCH3 is 1. The quantitative estimate of drug-likeness (QED) is 0.665. The molecular weight excluding hydrogens is 310 g/mol. The molecule has 0 aliphatic rings. The van der Waals surface area contributed by atoms with Crippen LogP contribution in [-0.2, 0) is 16.0 Å². The molecule has 1 N–H and O–H groups in total. The Bertz CT molecular complexity index is 583. The molecule has 0 aliphatic carbocycles. The molecule has 0 spiro atoms. The summed E-state index contributed by atoms with van der Waals surface area (Å²) in [7, 11) is 1.54. The van der Waals surface area contributed by atoms with Crippen molar-refractivity contribution >= 4 is 11.9 Å². The molecule has 24 heavy (non-hydrogen) atoms. The van der Waals surface area contributed by atoms with E-state index in [1.54, 1.807) is 12.1 Å². The van der Waals surface area contributed by atoms with Gasteiger partial charge in [-0.3, -0.25) is 9.59 Å². The molecule has 0 aliphatic heterocycles. The van der Waals surface area contributed by atoms with Crippen LogP contribution in [0.15, 0.2) is 30.9 Å². The van der Waals surface area contributed by atoms with Crippen molar-refractivity contribution in [2.45, 2.75) is 32.7 Å². The monoisotopic (exact) mass is 335 g/mol. The van der Waals surface area contributed by atoms with Crippen LogP contribution in [0.5, 0.6) is 11.5 Å². The van der Waals surface area contributed by atoms with Gasteiger partial charge in [-0.25, -0.2) is 0 Å². The maximum atomic E-state index is 12.3. The summed E-state index contributed by atoms with van der Waals surface area (Å²) in [6.07, 6.45) is 2.41. The van der Waals surface area contributed by atoms with Crippen molar-refractivity contribution in [1.82, 2.24) is 4.90 Å². The fraction of sp³-hybridized carbons (Fsp3) is 0.444. The van der Waals surface area contributed by atoms with Gasteiger partial charge in [-0.1, -0.05) is 12.1 Å². The van der Waals surface area contributed by atoms with Gasteiger partial charge in [-0.15, -0.1) is 6.58 Å². The number of hydrogen-bond donors (Lipinski definition) is 1. The normalized spacial score (nSPS) is 10.3. The molecular formula is C18H25NO5. The minimum atomic E-state index is -0.936. The van der Waals surface area contributed by atoms with Gasteiger partial charge in [0.05, 0.1) is 13.5 Å². The van der Waals surface area contributed by atoms with Crippen LogP contribution in [0.2, 0.25) is 0 Å². The van der Waals surface area contributed by atoms with Gasteiger partial charge in [0.15, 0.2) is 18.1 Å². The topological polar surface area (TPSA) is 76.1 Å². The molecule has 0 radical (unpaired) electrons. The molecule has 0 heterocycles. The summed E-state index contributed by atoms with van der Waals surface area (Å²) < 4.78 is 10.9. The minimum absolute atomic E-state index is 0.0938. The first-order valence-corrected chi connectivity index (χ1v) is 7.80. The molecule has 0 bridgehead atoms. The zero-order valence-electron chi connectivity index (χ0n) is 14.4. The average Bonchev–Trinajstić information content (AvgIpc) is 2.53.